The molecule has 5 heteroatoms. The van der Waals surface area contributed by atoms with Crippen molar-refractivity contribution in [3.8, 4) is 0 Å². The fourth-order valence-electron chi connectivity index (χ4n) is 1.94. The van der Waals surface area contributed by atoms with E-state index in [4.69, 9.17) is 4.42 Å². The average Bonchev–Trinajstić information content (AvgIpc) is 2.92. The lowest BCUT2D eigenvalue weighted by Gasteiger charge is -2.22. The zero-order valence-corrected chi connectivity index (χ0v) is 13.6. The number of nitrogens with zero attached hydrogens (tertiary/aromatic N) is 1. The zero-order chi connectivity index (χ0) is 14.5. The highest BCUT2D eigenvalue weighted by molar-refractivity contribution is 14.1. The van der Waals surface area contributed by atoms with Gasteiger partial charge < -0.3 is 9.73 Å². The summed E-state index contributed by atoms with van der Waals surface area (Å²) in [5.41, 5.74) is 0.675. The van der Waals surface area contributed by atoms with Gasteiger partial charge >= 0.3 is 0 Å². The van der Waals surface area contributed by atoms with E-state index >= 15 is 0 Å². The molecule has 0 spiro atoms. The molecular weight excluding hydrogens is 367 g/mol. The van der Waals surface area contributed by atoms with Gasteiger partial charge in [-0.15, -0.1) is 0 Å². The van der Waals surface area contributed by atoms with Crippen molar-refractivity contribution in [2.45, 2.75) is 6.04 Å². The van der Waals surface area contributed by atoms with Crippen LogP contribution < -0.4 is 5.32 Å². The van der Waals surface area contributed by atoms with Crippen molar-refractivity contribution < 1.29 is 9.21 Å². The molecule has 1 heterocycles. The largest absolute Gasteiger partial charge is 0.468 e. The maximum Gasteiger partial charge on any atom is 0.251 e. The van der Waals surface area contributed by atoms with Gasteiger partial charge in [0.25, 0.3) is 5.91 Å². The Morgan fingerprint density at radius 3 is 2.75 bits per heavy atom. The topological polar surface area (TPSA) is 45.5 Å². The number of halogens is 1. The summed E-state index contributed by atoms with van der Waals surface area (Å²) in [5.74, 6) is 0.778. The van der Waals surface area contributed by atoms with E-state index < -0.39 is 0 Å². The van der Waals surface area contributed by atoms with E-state index in [-0.39, 0.29) is 11.9 Å². The lowest BCUT2D eigenvalue weighted by molar-refractivity contribution is 0.0939. The third kappa shape index (κ3) is 3.83. The third-order valence-corrected chi connectivity index (χ3v) is 3.71. The molecule has 4 nitrogen and oxygen atoms in total. The predicted octanol–water partition coefficient (Wildman–Crippen LogP) is 2.92. The molecule has 0 unspecified atom stereocenters. The summed E-state index contributed by atoms with van der Waals surface area (Å²) < 4.78 is 6.47. The molecule has 20 heavy (non-hydrogen) atoms. The minimum absolute atomic E-state index is 0.0248. The first-order valence-corrected chi connectivity index (χ1v) is 7.39. The third-order valence-electron chi connectivity index (χ3n) is 3.04. The number of furan rings is 1. The van der Waals surface area contributed by atoms with E-state index in [2.05, 4.69) is 27.9 Å². The molecule has 1 aromatic heterocycles. The molecule has 2 rings (SSSR count). The van der Waals surface area contributed by atoms with E-state index in [0.717, 1.165) is 9.33 Å². The molecule has 1 N–H and O–H groups in total. The Kier molecular flexibility index (Phi) is 5.19. The highest BCUT2D eigenvalue weighted by Gasteiger charge is 2.18. The van der Waals surface area contributed by atoms with Crippen molar-refractivity contribution >= 4 is 28.5 Å². The van der Waals surface area contributed by atoms with Crippen LogP contribution in [0.15, 0.2) is 47.1 Å². The fraction of sp³-hybridized carbons (Fsp3) is 0.267. The van der Waals surface area contributed by atoms with Crippen molar-refractivity contribution in [3.05, 3.63) is 57.6 Å². The summed E-state index contributed by atoms with van der Waals surface area (Å²) in [5, 5.41) is 2.95. The van der Waals surface area contributed by atoms with Crippen LogP contribution in [0.3, 0.4) is 0 Å². The van der Waals surface area contributed by atoms with E-state index in [0.29, 0.717) is 12.1 Å². The second kappa shape index (κ2) is 6.90. The molecular formula is C15H17IN2O2. The van der Waals surface area contributed by atoms with Gasteiger partial charge in [-0.3, -0.25) is 9.69 Å². The summed E-state index contributed by atoms with van der Waals surface area (Å²) in [6, 6.07) is 11.3. The summed E-state index contributed by atoms with van der Waals surface area (Å²) in [6.07, 6.45) is 1.65. The Morgan fingerprint density at radius 1 is 1.35 bits per heavy atom. The minimum atomic E-state index is -0.0677. The molecule has 1 aromatic carbocycles. The number of hydrogen-bond acceptors (Lipinski definition) is 3. The minimum Gasteiger partial charge on any atom is -0.468 e. The molecule has 0 bridgehead atoms. The van der Waals surface area contributed by atoms with Crippen LogP contribution in [0.1, 0.15) is 22.2 Å². The first kappa shape index (κ1) is 15.1. The van der Waals surface area contributed by atoms with E-state index in [1.165, 1.54) is 0 Å². The van der Waals surface area contributed by atoms with Crippen molar-refractivity contribution in [3.63, 3.8) is 0 Å². The summed E-state index contributed by atoms with van der Waals surface area (Å²) in [4.78, 5) is 14.2. The van der Waals surface area contributed by atoms with Gasteiger partial charge in [0.15, 0.2) is 0 Å². The molecule has 0 radical (unpaired) electrons. The van der Waals surface area contributed by atoms with Gasteiger partial charge in [-0.1, -0.05) is 6.07 Å². The number of rotatable bonds is 5. The van der Waals surface area contributed by atoms with Crippen molar-refractivity contribution in [2.24, 2.45) is 0 Å². The van der Waals surface area contributed by atoms with Crippen LogP contribution in [-0.2, 0) is 0 Å². The fourth-order valence-corrected chi connectivity index (χ4v) is 2.48. The smallest absolute Gasteiger partial charge is 0.251 e. The van der Waals surface area contributed by atoms with Crippen LogP contribution in [0.2, 0.25) is 0 Å². The Morgan fingerprint density at radius 2 is 2.15 bits per heavy atom. The van der Waals surface area contributed by atoms with E-state index in [1.807, 2.05) is 55.4 Å². The predicted molar refractivity (Wildman–Crippen MR) is 86.6 cm³/mol. The van der Waals surface area contributed by atoms with Gasteiger partial charge in [-0.25, -0.2) is 0 Å². The molecule has 1 amide bonds. The lowest BCUT2D eigenvalue weighted by Crippen LogP contribution is -2.34. The van der Waals surface area contributed by atoms with Crippen LogP contribution in [-0.4, -0.2) is 31.4 Å². The highest BCUT2D eigenvalue weighted by Crippen LogP contribution is 2.17. The number of benzene rings is 1. The van der Waals surface area contributed by atoms with Crippen molar-refractivity contribution in [2.75, 3.05) is 20.6 Å². The molecule has 0 aliphatic carbocycles. The molecule has 2 aromatic rings. The second-order valence-corrected chi connectivity index (χ2v) is 5.96. The Bertz CT molecular complexity index is 567. The standard InChI is InChI=1S/C15H17IN2O2/c1-18(2)13(14-7-4-8-20-14)10-17-15(19)11-5-3-6-12(16)9-11/h3-9,13H,10H2,1-2H3,(H,17,19)/t13-/m1/s1. The first-order valence-electron chi connectivity index (χ1n) is 6.31. The average molecular weight is 384 g/mol. The lowest BCUT2D eigenvalue weighted by atomic mass is 10.2. The SMILES string of the molecule is CN(C)[C@H](CNC(=O)c1cccc(I)c1)c1ccco1. The Balaban J connectivity index is 2.01. The van der Waals surface area contributed by atoms with Crippen LogP contribution >= 0.6 is 22.6 Å². The summed E-state index contributed by atoms with van der Waals surface area (Å²) in [6.45, 7) is 0.505. The zero-order valence-electron chi connectivity index (χ0n) is 11.5. The Labute approximate surface area is 132 Å². The number of likely N-dealkylation sites (N-methyl/N-ethyl adjacent to an activating group) is 1. The maximum absolute atomic E-state index is 12.1. The highest BCUT2D eigenvalue weighted by atomic mass is 127. The molecule has 0 fully saturated rings. The van der Waals surface area contributed by atoms with Gasteiger partial charge in [-0.2, -0.15) is 0 Å². The van der Waals surface area contributed by atoms with Gasteiger partial charge in [0.1, 0.15) is 5.76 Å². The molecule has 0 aliphatic rings. The quantitative estimate of drug-likeness (QED) is 0.807. The number of hydrogen-bond donors (Lipinski definition) is 1. The van der Waals surface area contributed by atoms with E-state index in [9.17, 15) is 4.79 Å². The molecule has 106 valence electrons. The molecule has 1 atom stereocenters. The summed E-state index contributed by atoms with van der Waals surface area (Å²) >= 11 is 2.20. The van der Waals surface area contributed by atoms with Gasteiger partial charge in [0, 0.05) is 15.7 Å². The molecule has 0 saturated heterocycles. The second-order valence-electron chi connectivity index (χ2n) is 4.72. The molecule has 0 aliphatic heterocycles. The number of amides is 1. The van der Waals surface area contributed by atoms with Gasteiger partial charge in [0.05, 0.1) is 12.3 Å². The van der Waals surface area contributed by atoms with Crippen LogP contribution in [0, 0.1) is 3.57 Å². The molecule has 0 saturated carbocycles. The number of nitrogens with one attached hydrogen (secondary N) is 1. The van der Waals surface area contributed by atoms with Crippen LogP contribution in [0.25, 0.3) is 0 Å². The van der Waals surface area contributed by atoms with Gasteiger partial charge in [-0.05, 0) is 67.0 Å². The van der Waals surface area contributed by atoms with E-state index in [1.54, 1.807) is 6.26 Å². The number of carbonyl (C=O) groups is 1. The summed E-state index contributed by atoms with van der Waals surface area (Å²) in [7, 11) is 3.93. The van der Waals surface area contributed by atoms with Crippen molar-refractivity contribution in [1.29, 1.82) is 0 Å². The van der Waals surface area contributed by atoms with Crippen LogP contribution in [0.5, 0.6) is 0 Å². The Hall–Kier alpha value is -1.34. The number of carbonyl (C=O) groups excluding carboxylic acids is 1. The normalized spacial score (nSPS) is 12.4. The van der Waals surface area contributed by atoms with Gasteiger partial charge in [0.2, 0.25) is 0 Å². The maximum atomic E-state index is 12.1. The van der Waals surface area contributed by atoms with Crippen LogP contribution in [0.4, 0.5) is 0 Å². The van der Waals surface area contributed by atoms with Crippen molar-refractivity contribution in [1.82, 2.24) is 10.2 Å². The monoisotopic (exact) mass is 384 g/mol. The first-order chi connectivity index (χ1) is 9.58.